The molecule has 19 heavy (non-hydrogen) atoms. The van der Waals surface area contributed by atoms with Gasteiger partial charge in [0.2, 0.25) is 0 Å². The van der Waals surface area contributed by atoms with Crippen molar-refractivity contribution in [2.75, 3.05) is 0 Å². The summed E-state index contributed by atoms with van der Waals surface area (Å²) in [6.07, 6.45) is 3.29. The third-order valence-electron chi connectivity index (χ3n) is 3.02. The van der Waals surface area contributed by atoms with E-state index in [4.69, 9.17) is 9.47 Å². The maximum Gasteiger partial charge on any atom is 0.329 e. The molecule has 0 radical (unpaired) electrons. The Hall–Kier alpha value is -2.36. The summed E-state index contributed by atoms with van der Waals surface area (Å²) in [7, 11) is 0. The Kier molecular flexibility index (Phi) is 3.51. The quantitative estimate of drug-likeness (QED) is 0.360. The van der Waals surface area contributed by atoms with E-state index in [-0.39, 0.29) is 24.3 Å². The number of benzene rings is 1. The van der Waals surface area contributed by atoms with Gasteiger partial charge in [0.05, 0.1) is 0 Å². The lowest BCUT2D eigenvalue weighted by Crippen LogP contribution is -2.42. The van der Waals surface area contributed by atoms with Crippen molar-refractivity contribution >= 4 is 11.9 Å². The minimum absolute atomic E-state index is 0.144. The Morgan fingerprint density at radius 3 is 1.74 bits per heavy atom. The van der Waals surface area contributed by atoms with Crippen LogP contribution in [-0.2, 0) is 9.59 Å². The van der Waals surface area contributed by atoms with Gasteiger partial charge in [0.1, 0.15) is 0 Å². The summed E-state index contributed by atoms with van der Waals surface area (Å²) in [5, 5.41) is 0. The molecule has 4 nitrogen and oxygen atoms in total. The number of allylic oxidation sites excluding steroid dienone is 2. The van der Waals surface area contributed by atoms with E-state index < -0.39 is 17.4 Å². The third kappa shape index (κ3) is 2.17. The number of fused-ring (bicyclic) bond motifs is 1. The maximum absolute atomic E-state index is 12.3. The Bertz CT molecular complexity index is 496. The minimum atomic E-state index is -1.40. The van der Waals surface area contributed by atoms with Crippen molar-refractivity contribution in [1.29, 1.82) is 0 Å². The summed E-state index contributed by atoms with van der Waals surface area (Å²) in [5.74, 6) is -0.781. The molecule has 0 saturated heterocycles. The molecule has 1 aliphatic rings. The number of esters is 2. The van der Waals surface area contributed by atoms with Gasteiger partial charge >= 0.3 is 11.9 Å². The van der Waals surface area contributed by atoms with Crippen molar-refractivity contribution in [3.8, 4) is 11.5 Å². The largest absolute Gasteiger partial charge is 0.422 e. The average Bonchev–Trinajstić information content (AvgIpc) is 2.48. The first kappa shape index (κ1) is 13.1. The van der Waals surface area contributed by atoms with Crippen molar-refractivity contribution in [2.24, 2.45) is 5.41 Å². The van der Waals surface area contributed by atoms with E-state index in [0.29, 0.717) is 0 Å². The van der Waals surface area contributed by atoms with E-state index in [1.807, 2.05) is 0 Å². The van der Waals surface area contributed by atoms with Crippen LogP contribution < -0.4 is 9.47 Å². The van der Waals surface area contributed by atoms with E-state index in [0.717, 1.165) is 0 Å². The van der Waals surface area contributed by atoms with Gasteiger partial charge < -0.3 is 9.47 Å². The van der Waals surface area contributed by atoms with Gasteiger partial charge in [-0.2, -0.15) is 0 Å². The number of ether oxygens (including phenoxy) is 2. The number of para-hydroxylation sites is 2. The number of rotatable bonds is 4. The number of carbonyl (C=O) groups is 2. The van der Waals surface area contributed by atoms with Crippen LogP contribution in [0.5, 0.6) is 11.5 Å². The summed E-state index contributed by atoms with van der Waals surface area (Å²) in [5.41, 5.74) is -1.40. The highest BCUT2D eigenvalue weighted by atomic mass is 16.6. The van der Waals surface area contributed by atoms with Crippen LogP contribution in [0.3, 0.4) is 0 Å². The summed E-state index contributed by atoms with van der Waals surface area (Å²) < 4.78 is 10.5. The SMILES string of the molecule is C=CCC1(CC=C)C(=O)Oc2ccccc2OC1=O. The molecule has 1 heterocycles. The van der Waals surface area contributed by atoms with Crippen LogP contribution in [0.2, 0.25) is 0 Å². The van der Waals surface area contributed by atoms with E-state index in [1.165, 1.54) is 12.2 Å². The number of hydrogen-bond donors (Lipinski definition) is 0. The summed E-state index contributed by atoms with van der Waals surface area (Å²) >= 11 is 0. The van der Waals surface area contributed by atoms with E-state index >= 15 is 0 Å². The monoisotopic (exact) mass is 258 g/mol. The van der Waals surface area contributed by atoms with Crippen molar-refractivity contribution < 1.29 is 19.1 Å². The Morgan fingerprint density at radius 1 is 0.947 bits per heavy atom. The van der Waals surface area contributed by atoms with Crippen molar-refractivity contribution in [3.63, 3.8) is 0 Å². The van der Waals surface area contributed by atoms with Gasteiger partial charge in [-0.1, -0.05) is 24.3 Å². The zero-order valence-electron chi connectivity index (χ0n) is 10.4. The van der Waals surface area contributed by atoms with Crippen LogP contribution in [0.4, 0.5) is 0 Å². The molecule has 0 fully saturated rings. The van der Waals surface area contributed by atoms with Crippen molar-refractivity contribution in [3.05, 3.63) is 49.6 Å². The molecule has 0 unspecified atom stereocenters. The van der Waals surface area contributed by atoms with Gasteiger partial charge in [0.25, 0.3) is 0 Å². The zero-order valence-corrected chi connectivity index (χ0v) is 10.4. The molecule has 0 bridgehead atoms. The second-order valence-electron chi connectivity index (χ2n) is 4.29. The second kappa shape index (κ2) is 5.10. The lowest BCUT2D eigenvalue weighted by molar-refractivity contribution is -0.158. The molecule has 0 spiro atoms. The molecule has 1 aliphatic heterocycles. The Labute approximate surface area is 111 Å². The first-order valence-corrected chi connectivity index (χ1v) is 5.89. The summed E-state index contributed by atoms with van der Waals surface area (Å²) in [6.45, 7) is 7.16. The molecule has 1 aromatic rings. The van der Waals surface area contributed by atoms with Gasteiger partial charge in [-0.25, -0.2) is 0 Å². The van der Waals surface area contributed by atoms with Gasteiger partial charge in [-0.05, 0) is 25.0 Å². The molecule has 0 N–H and O–H groups in total. The highest BCUT2D eigenvalue weighted by Crippen LogP contribution is 2.39. The van der Waals surface area contributed by atoms with Gasteiger partial charge in [0, 0.05) is 0 Å². The smallest absolute Gasteiger partial charge is 0.329 e. The van der Waals surface area contributed by atoms with E-state index in [2.05, 4.69) is 13.2 Å². The third-order valence-corrected chi connectivity index (χ3v) is 3.02. The molecular weight excluding hydrogens is 244 g/mol. The molecule has 0 atom stereocenters. The fraction of sp³-hybridized carbons (Fsp3) is 0.200. The topological polar surface area (TPSA) is 52.6 Å². The van der Waals surface area contributed by atoms with Crippen LogP contribution in [0, 0.1) is 5.41 Å². The van der Waals surface area contributed by atoms with Crippen molar-refractivity contribution in [2.45, 2.75) is 12.8 Å². The fourth-order valence-corrected chi connectivity index (χ4v) is 2.01. The molecule has 0 amide bonds. The molecule has 98 valence electrons. The first-order chi connectivity index (χ1) is 9.14. The summed E-state index contributed by atoms with van der Waals surface area (Å²) in [6, 6.07) is 6.57. The van der Waals surface area contributed by atoms with Crippen LogP contribution in [0.1, 0.15) is 12.8 Å². The normalized spacial score (nSPS) is 16.6. The molecule has 1 aromatic carbocycles. The maximum atomic E-state index is 12.3. The lowest BCUT2D eigenvalue weighted by atomic mass is 9.81. The molecule has 0 aliphatic carbocycles. The Balaban J connectivity index is 2.48. The lowest BCUT2D eigenvalue weighted by Gasteiger charge is -2.23. The zero-order chi connectivity index (χ0) is 13.9. The predicted octanol–water partition coefficient (Wildman–Crippen LogP) is 2.65. The predicted molar refractivity (Wildman–Crippen MR) is 69.8 cm³/mol. The Morgan fingerprint density at radius 2 is 1.37 bits per heavy atom. The van der Waals surface area contributed by atoms with Crippen LogP contribution in [0.25, 0.3) is 0 Å². The first-order valence-electron chi connectivity index (χ1n) is 5.89. The van der Waals surface area contributed by atoms with Crippen LogP contribution >= 0.6 is 0 Å². The highest BCUT2D eigenvalue weighted by molar-refractivity contribution is 6.03. The highest BCUT2D eigenvalue weighted by Gasteiger charge is 2.49. The minimum Gasteiger partial charge on any atom is -0.422 e. The number of carbonyl (C=O) groups excluding carboxylic acids is 2. The molecule has 4 heteroatoms. The van der Waals surface area contributed by atoms with E-state index in [9.17, 15) is 9.59 Å². The fourth-order valence-electron chi connectivity index (χ4n) is 2.01. The molecule has 2 rings (SSSR count). The summed E-state index contributed by atoms with van der Waals surface area (Å²) in [4.78, 5) is 24.5. The van der Waals surface area contributed by atoms with Gasteiger partial charge in [-0.3, -0.25) is 9.59 Å². The number of hydrogen-bond acceptors (Lipinski definition) is 4. The molecule has 0 aromatic heterocycles. The molecule has 0 saturated carbocycles. The standard InChI is InChI=1S/C15H14O4/c1-3-9-15(10-4-2)13(16)18-11-7-5-6-8-12(11)19-14(15)17/h3-8H,1-2,9-10H2. The van der Waals surface area contributed by atoms with Crippen molar-refractivity contribution in [1.82, 2.24) is 0 Å². The van der Waals surface area contributed by atoms with E-state index in [1.54, 1.807) is 24.3 Å². The van der Waals surface area contributed by atoms with Gasteiger partial charge in [0.15, 0.2) is 16.9 Å². The van der Waals surface area contributed by atoms with Gasteiger partial charge in [-0.15, -0.1) is 13.2 Å². The van der Waals surface area contributed by atoms with Crippen LogP contribution in [-0.4, -0.2) is 11.9 Å². The molecular formula is C15H14O4. The average molecular weight is 258 g/mol. The second-order valence-corrected chi connectivity index (χ2v) is 4.29. The van der Waals surface area contributed by atoms with Crippen LogP contribution in [0.15, 0.2) is 49.6 Å².